The molecule has 184 valence electrons. The van der Waals surface area contributed by atoms with Crippen molar-refractivity contribution in [3.8, 4) is 11.5 Å². The lowest BCUT2D eigenvalue weighted by Gasteiger charge is -2.25. The summed E-state index contributed by atoms with van der Waals surface area (Å²) in [5.41, 5.74) is 0.308. The number of methoxy groups -OCH3 is 1. The maximum absolute atomic E-state index is 13.1. The van der Waals surface area contributed by atoms with E-state index < -0.39 is 36.2 Å². The maximum atomic E-state index is 13.1. The number of rotatable bonds is 8. The molecule has 0 saturated carbocycles. The van der Waals surface area contributed by atoms with Crippen LogP contribution in [0, 0.1) is 5.82 Å². The molecular weight excluding hydrogens is 473 g/mol. The second-order valence-corrected chi connectivity index (χ2v) is 7.51. The van der Waals surface area contributed by atoms with E-state index in [1.165, 1.54) is 43.7 Å². The van der Waals surface area contributed by atoms with E-state index >= 15 is 0 Å². The number of para-hydroxylation sites is 1. The zero-order valence-corrected chi connectivity index (χ0v) is 18.9. The number of carbonyl (C=O) groups excluding carboxylic acids is 4. The molecule has 3 aromatic rings. The molecule has 10 nitrogen and oxygen atoms in total. The first-order valence-electron chi connectivity index (χ1n) is 10.6. The van der Waals surface area contributed by atoms with Crippen LogP contribution in [0.3, 0.4) is 0 Å². The number of furan rings is 1. The smallest absolute Gasteiger partial charge is 0.331 e. The number of ether oxygens (including phenoxy) is 2. The topological polar surface area (TPSA) is 127 Å². The van der Waals surface area contributed by atoms with Crippen molar-refractivity contribution >= 4 is 35.5 Å². The minimum atomic E-state index is -0.886. The number of barbiturate groups is 1. The van der Waals surface area contributed by atoms with E-state index in [0.717, 1.165) is 4.90 Å². The summed E-state index contributed by atoms with van der Waals surface area (Å²) in [7, 11) is 1.39. The van der Waals surface area contributed by atoms with E-state index in [1.54, 1.807) is 30.3 Å². The number of imide groups is 2. The minimum absolute atomic E-state index is 0.0943. The zero-order chi connectivity index (χ0) is 25.7. The third-order valence-corrected chi connectivity index (χ3v) is 5.08. The molecule has 36 heavy (non-hydrogen) atoms. The van der Waals surface area contributed by atoms with Crippen molar-refractivity contribution in [1.82, 2.24) is 10.2 Å². The molecule has 0 spiro atoms. The fourth-order valence-electron chi connectivity index (χ4n) is 3.38. The van der Waals surface area contributed by atoms with E-state index in [4.69, 9.17) is 13.9 Å². The molecule has 2 heterocycles. The normalized spacial score (nSPS) is 14.6. The average Bonchev–Trinajstić information content (AvgIpc) is 3.38. The highest BCUT2D eigenvalue weighted by Gasteiger charge is 2.36. The third kappa shape index (κ3) is 5.41. The molecule has 1 aromatic heterocycles. The Kier molecular flexibility index (Phi) is 7.10. The molecule has 0 aliphatic carbocycles. The molecule has 1 aliphatic heterocycles. The largest absolute Gasteiger partial charge is 0.493 e. The molecule has 0 radical (unpaired) electrons. The van der Waals surface area contributed by atoms with E-state index in [9.17, 15) is 23.6 Å². The number of amides is 5. The van der Waals surface area contributed by atoms with Gasteiger partial charge in [-0.25, -0.2) is 9.18 Å². The van der Waals surface area contributed by atoms with Gasteiger partial charge in [-0.2, -0.15) is 0 Å². The van der Waals surface area contributed by atoms with Gasteiger partial charge in [0.1, 0.15) is 17.2 Å². The van der Waals surface area contributed by atoms with Gasteiger partial charge in [-0.1, -0.05) is 12.1 Å². The quantitative estimate of drug-likeness (QED) is 0.365. The molecule has 1 saturated heterocycles. The van der Waals surface area contributed by atoms with Crippen LogP contribution in [0.5, 0.6) is 11.5 Å². The Morgan fingerprint density at radius 2 is 1.89 bits per heavy atom. The average molecular weight is 493 g/mol. The van der Waals surface area contributed by atoms with Crippen LogP contribution in [-0.4, -0.2) is 42.4 Å². The summed E-state index contributed by atoms with van der Waals surface area (Å²) < 4.78 is 29.2. The third-order valence-electron chi connectivity index (χ3n) is 5.08. The number of hydrogen-bond donors (Lipinski definition) is 2. The van der Waals surface area contributed by atoms with Crippen LogP contribution >= 0.6 is 0 Å². The van der Waals surface area contributed by atoms with E-state index in [-0.39, 0.29) is 29.2 Å². The second kappa shape index (κ2) is 10.6. The Bertz CT molecular complexity index is 1330. The van der Waals surface area contributed by atoms with Crippen molar-refractivity contribution < 1.29 is 37.5 Å². The van der Waals surface area contributed by atoms with Gasteiger partial charge in [0.15, 0.2) is 18.1 Å². The summed E-state index contributed by atoms with van der Waals surface area (Å²) in [6.07, 6.45) is 2.64. The maximum Gasteiger partial charge on any atom is 0.331 e. The molecule has 2 aromatic carbocycles. The molecular formula is C25H20FN3O7. The van der Waals surface area contributed by atoms with Gasteiger partial charge in [-0.05, 0) is 48.5 Å². The lowest BCUT2D eigenvalue weighted by Crippen LogP contribution is -2.53. The summed E-state index contributed by atoms with van der Waals surface area (Å²) in [5.74, 6) is -2.01. The van der Waals surface area contributed by atoms with Crippen LogP contribution in [0.1, 0.15) is 11.3 Å². The van der Waals surface area contributed by atoms with Gasteiger partial charge in [0.25, 0.3) is 17.7 Å². The lowest BCUT2D eigenvalue weighted by atomic mass is 10.1. The summed E-state index contributed by atoms with van der Waals surface area (Å²) in [4.78, 5) is 50.9. The molecule has 11 heteroatoms. The highest BCUT2D eigenvalue weighted by Crippen LogP contribution is 2.33. The molecule has 0 unspecified atom stereocenters. The summed E-state index contributed by atoms with van der Waals surface area (Å²) in [6, 6.07) is 12.2. The van der Waals surface area contributed by atoms with Gasteiger partial charge >= 0.3 is 6.03 Å². The fourth-order valence-corrected chi connectivity index (χ4v) is 3.38. The van der Waals surface area contributed by atoms with Gasteiger partial charge in [0.05, 0.1) is 19.9 Å². The zero-order valence-electron chi connectivity index (χ0n) is 18.9. The van der Waals surface area contributed by atoms with Crippen LogP contribution in [-0.2, 0) is 20.9 Å². The molecule has 1 aliphatic rings. The van der Waals surface area contributed by atoms with Crippen molar-refractivity contribution in [3.63, 3.8) is 0 Å². The number of carbonyl (C=O) groups is 4. The van der Waals surface area contributed by atoms with Crippen molar-refractivity contribution in [1.29, 1.82) is 0 Å². The van der Waals surface area contributed by atoms with Crippen LogP contribution in [0.4, 0.5) is 14.9 Å². The number of nitrogens with zero attached hydrogens (tertiary/aromatic N) is 1. The number of hydrogen-bond acceptors (Lipinski definition) is 7. The number of halogens is 1. The van der Waals surface area contributed by atoms with Crippen molar-refractivity contribution in [2.24, 2.45) is 0 Å². The van der Waals surface area contributed by atoms with Crippen LogP contribution in [0.15, 0.2) is 70.9 Å². The molecule has 2 N–H and O–H groups in total. The standard InChI is InChI=1S/C25H20FN3O7/c1-34-20-6-2-4-15(22(20)36-14-21(30)27-17-9-7-16(26)8-10-17)12-19-23(31)28-25(33)29(24(19)32)13-18-5-3-11-35-18/h2-12H,13-14H2,1H3,(H,27,30)(H,28,31,33)/b19-12+. The highest BCUT2D eigenvalue weighted by molar-refractivity contribution is 6.31. The van der Waals surface area contributed by atoms with Crippen LogP contribution in [0.2, 0.25) is 0 Å². The second-order valence-electron chi connectivity index (χ2n) is 7.51. The van der Waals surface area contributed by atoms with Crippen molar-refractivity contribution in [3.05, 3.63) is 83.6 Å². The number of anilines is 1. The molecule has 4 rings (SSSR count). The SMILES string of the molecule is COc1cccc(/C=C2\C(=O)NC(=O)N(Cc3ccco3)C2=O)c1OCC(=O)Nc1ccc(F)cc1. The van der Waals surface area contributed by atoms with Gasteiger partial charge in [-0.3, -0.25) is 24.6 Å². The van der Waals surface area contributed by atoms with Crippen molar-refractivity contribution in [2.45, 2.75) is 6.54 Å². The van der Waals surface area contributed by atoms with E-state index in [0.29, 0.717) is 11.4 Å². The predicted molar refractivity (Wildman–Crippen MR) is 124 cm³/mol. The highest BCUT2D eigenvalue weighted by atomic mass is 19.1. The van der Waals surface area contributed by atoms with Gasteiger partial charge in [0.2, 0.25) is 0 Å². The summed E-state index contributed by atoms with van der Waals surface area (Å²) in [6.45, 7) is -0.621. The number of nitrogens with one attached hydrogen (secondary N) is 2. The summed E-state index contributed by atoms with van der Waals surface area (Å²) >= 11 is 0. The Morgan fingerprint density at radius 1 is 1.11 bits per heavy atom. The van der Waals surface area contributed by atoms with Crippen LogP contribution in [0.25, 0.3) is 6.08 Å². The Morgan fingerprint density at radius 3 is 2.58 bits per heavy atom. The molecule has 0 atom stereocenters. The van der Waals surface area contributed by atoms with Gasteiger partial charge in [0, 0.05) is 11.3 Å². The van der Waals surface area contributed by atoms with Crippen LogP contribution < -0.4 is 20.1 Å². The number of urea groups is 1. The van der Waals surface area contributed by atoms with Gasteiger partial charge in [-0.15, -0.1) is 0 Å². The van der Waals surface area contributed by atoms with E-state index in [2.05, 4.69) is 10.6 Å². The molecule has 0 bridgehead atoms. The molecule has 1 fully saturated rings. The van der Waals surface area contributed by atoms with E-state index in [1.807, 2.05) is 0 Å². The first-order valence-corrected chi connectivity index (χ1v) is 10.6. The predicted octanol–water partition coefficient (Wildman–Crippen LogP) is 3.11. The monoisotopic (exact) mass is 493 g/mol. The Balaban J connectivity index is 1.56. The minimum Gasteiger partial charge on any atom is -0.493 e. The lowest BCUT2D eigenvalue weighted by molar-refractivity contribution is -0.130. The molecule has 5 amide bonds. The van der Waals surface area contributed by atoms with Crippen molar-refractivity contribution in [2.75, 3.05) is 19.0 Å². The summed E-state index contributed by atoms with van der Waals surface area (Å²) in [5, 5.41) is 4.69. The first-order chi connectivity index (χ1) is 17.4. The fraction of sp³-hybridized carbons (Fsp3) is 0.120. The first kappa shape index (κ1) is 24.2. The Labute approximate surface area is 204 Å². The van der Waals surface area contributed by atoms with Gasteiger partial charge < -0.3 is 19.2 Å². The number of benzene rings is 2. The Hall–Kier alpha value is -4.93.